The van der Waals surface area contributed by atoms with Gasteiger partial charge in [-0.05, 0) is 55.5 Å². The van der Waals surface area contributed by atoms with E-state index in [1.165, 1.54) is 41.4 Å². The molecular formula is C32H31F4N3O7. The first-order valence-electron chi connectivity index (χ1n) is 13.6. The number of allylic oxidation sites excluding steroid dienone is 1. The Morgan fingerprint density at radius 2 is 1.48 bits per heavy atom. The molecule has 0 radical (unpaired) electrons. The molecular weight excluding hydrogens is 614 g/mol. The summed E-state index contributed by atoms with van der Waals surface area (Å²) in [6.07, 6.45) is -3.53. The number of amidine groups is 1. The van der Waals surface area contributed by atoms with E-state index in [0.29, 0.717) is 40.4 Å². The average Bonchev–Trinajstić information content (AvgIpc) is 3.04. The molecule has 0 spiro atoms. The number of carbonyl (C=O) groups is 2. The van der Waals surface area contributed by atoms with E-state index in [0.717, 1.165) is 18.2 Å². The summed E-state index contributed by atoms with van der Waals surface area (Å²) in [5, 5.41) is 1.72. The van der Waals surface area contributed by atoms with Crippen molar-refractivity contribution < 1.29 is 50.8 Å². The summed E-state index contributed by atoms with van der Waals surface area (Å²) in [6.45, 7) is 1.63. The molecule has 0 fully saturated rings. The number of hydrogen-bond donors (Lipinski definition) is 1. The second kappa shape index (κ2) is 13.8. The number of nitrogens with zero attached hydrogens (tertiary/aromatic N) is 2. The molecule has 0 saturated heterocycles. The largest absolute Gasteiger partial charge is 0.497 e. The van der Waals surface area contributed by atoms with Crippen molar-refractivity contribution in [3.05, 3.63) is 88.9 Å². The molecule has 10 nitrogen and oxygen atoms in total. The molecule has 14 heteroatoms. The number of amides is 1. The molecule has 0 unspecified atom stereocenters. The van der Waals surface area contributed by atoms with Crippen LogP contribution in [0.1, 0.15) is 23.6 Å². The van der Waals surface area contributed by atoms with Crippen molar-refractivity contribution in [1.82, 2.24) is 4.90 Å². The fourth-order valence-electron chi connectivity index (χ4n) is 4.76. The van der Waals surface area contributed by atoms with Crippen LogP contribution in [-0.2, 0) is 33.0 Å². The topological polar surface area (TPSA) is 108 Å². The summed E-state index contributed by atoms with van der Waals surface area (Å²) in [7, 11) is 6.00. The maximum atomic E-state index is 15.3. The molecule has 3 aromatic carbocycles. The van der Waals surface area contributed by atoms with E-state index >= 15 is 4.39 Å². The van der Waals surface area contributed by atoms with Gasteiger partial charge in [0.2, 0.25) is 0 Å². The number of nitrogens with one attached hydrogen (secondary N) is 1. The molecule has 4 rings (SSSR count). The molecule has 1 aliphatic heterocycles. The second-order valence-corrected chi connectivity index (χ2v) is 10.2. The van der Waals surface area contributed by atoms with E-state index < -0.39 is 23.4 Å². The van der Waals surface area contributed by atoms with E-state index in [4.69, 9.17) is 23.7 Å². The van der Waals surface area contributed by atoms with Gasteiger partial charge in [0.1, 0.15) is 34.4 Å². The van der Waals surface area contributed by atoms with Crippen LogP contribution in [0.4, 0.5) is 23.2 Å². The van der Waals surface area contributed by atoms with Gasteiger partial charge >= 0.3 is 12.1 Å². The zero-order valence-corrected chi connectivity index (χ0v) is 25.5. The zero-order valence-electron chi connectivity index (χ0n) is 25.5. The number of rotatable bonds is 11. The SMILES string of the molecule is COc1ccc(CN(Cc2ccc(OC)cc2OC)C2=N[C@](C)(c3cc(NC(=O)C(F)(F)F)ccc3F)C=C(C=O)O2)c(OC)c1. The number of ether oxygens (including phenoxy) is 5. The number of hydrogen-bond acceptors (Lipinski definition) is 9. The van der Waals surface area contributed by atoms with Crippen molar-refractivity contribution >= 4 is 23.9 Å². The Morgan fingerprint density at radius 3 is 1.96 bits per heavy atom. The number of carbonyl (C=O) groups excluding carboxylic acids is 2. The van der Waals surface area contributed by atoms with E-state index in [1.807, 2.05) is 0 Å². The first-order valence-corrected chi connectivity index (χ1v) is 13.6. The summed E-state index contributed by atoms with van der Waals surface area (Å²) in [5.41, 5.74) is -0.897. The maximum Gasteiger partial charge on any atom is 0.471 e. The highest BCUT2D eigenvalue weighted by molar-refractivity contribution is 5.95. The molecule has 244 valence electrons. The number of aldehydes is 1. The van der Waals surface area contributed by atoms with Crippen LogP contribution < -0.4 is 24.3 Å². The number of anilines is 1. The number of halogens is 4. The standard InChI is InChI=1S/C32H31F4N3O7/c1-31(25-12-21(8-11-26(25)33)37-29(41)32(34,35)36)15-24(18-40)46-30(38-31)39(16-19-6-9-22(42-2)13-27(19)44-4)17-20-7-10-23(43-3)14-28(20)45-5/h6-15,18H,16-17H2,1-5H3,(H,37,41)/t31-/m0/s1. The fourth-order valence-corrected chi connectivity index (χ4v) is 4.76. The molecule has 1 N–H and O–H groups in total. The lowest BCUT2D eigenvalue weighted by Gasteiger charge is -2.34. The van der Waals surface area contributed by atoms with Gasteiger partial charge in [-0.1, -0.05) is 0 Å². The van der Waals surface area contributed by atoms with Crippen molar-refractivity contribution in [2.24, 2.45) is 4.99 Å². The molecule has 1 heterocycles. The Kier molecular flexibility index (Phi) is 10.1. The molecule has 46 heavy (non-hydrogen) atoms. The molecule has 3 aromatic rings. The normalized spacial score (nSPS) is 15.9. The molecule has 0 aromatic heterocycles. The van der Waals surface area contributed by atoms with Crippen LogP contribution in [0.15, 0.2) is 71.4 Å². The van der Waals surface area contributed by atoms with Gasteiger partial charge in [0.15, 0.2) is 12.0 Å². The van der Waals surface area contributed by atoms with Crippen LogP contribution in [0.25, 0.3) is 0 Å². The Labute approximate surface area is 262 Å². The van der Waals surface area contributed by atoms with Crippen molar-refractivity contribution in [2.75, 3.05) is 33.8 Å². The predicted molar refractivity (Wildman–Crippen MR) is 159 cm³/mol. The summed E-state index contributed by atoms with van der Waals surface area (Å²) < 4.78 is 81.7. The maximum absolute atomic E-state index is 15.3. The Balaban J connectivity index is 1.84. The van der Waals surface area contributed by atoms with Crippen LogP contribution in [0.2, 0.25) is 0 Å². The van der Waals surface area contributed by atoms with Crippen LogP contribution in [0.5, 0.6) is 23.0 Å². The minimum atomic E-state index is -5.17. The van der Waals surface area contributed by atoms with Gasteiger partial charge in [-0.2, -0.15) is 13.2 Å². The van der Waals surface area contributed by atoms with Crippen molar-refractivity contribution in [3.63, 3.8) is 0 Å². The summed E-state index contributed by atoms with van der Waals surface area (Å²) >= 11 is 0. The Morgan fingerprint density at radius 1 is 0.913 bits per heavy atom. The van der Waals surface area contributed by atoms with Gasteiger partial charge in [0, 0.05) is 34.5 Å². The van der Waals surface area contributed by atoms with E-state index in [1.54, 1.807) is 46.6 Å². The molecule has 0 aliphatic carbocycles. The average molecular weight is 646 g/mol. The molecule has 1 aliphatic rings. The minimum Gasteiger partial charge on any atom is -0.497 e. The third kappa shape index (κ3) is 7.50. The smallest absolute Gasteiger partial charge is 0.471 e. The lowest BCUT2D eigenvalue weighted by atomic mass is 9.90. The van der Waals surface area contributed by atoms with E-state index in [-0.39, 0.29) is 36.1 Å². The van der Waals surface area contributed by atoms with Crippen LogP contribution in [-0.4, -0.2) is 57.7 Å². The third-order valence-electron chi connectivity index (χ3n) is 7.08. The first kappa shape index (κ1) is 33.6. The number of methoxy groups -OCH3 is 4. The van der Waals surface area contributed by atoms with Gasteiger partial charge in [0.25, 0.3) is 6.02 Å². The van der Waals surface area contributed by atoms with Crippen LogP contribution in [0, 0.1) is 5.82 Å². The summed E-state index contributed by atoms with van der Waals surface area (Å²) in [6, 6.07) is 13.1. The summed E-state index contributed by atoms with van der Waals surface area (Å²) in [4.78, 5) is 30.0. The van der Waals surface area contributed by atoms with Gasteiger partial charge in [-0.25, -0.2) is 9.38 Å². The van der Waals surface area contributed by atoms with E-state index in [2.05, 4.69) is 4.99 Å². The van der Waals surface area contributed by atoms with E-state index in [9.17, 15) is 22.8 Å². The van der Waals surface area contributed by atoms with Gasteiger partial charge in [-0.3, -0.25) is 9.59 Å². The predicted octanol–water partition coefficient (Wildman–Crippen LogP) is 5.75. The molecule has 1 atom stereocenters. The molecule has 0 bridgehead atoms. The van der Waals surface area contributed by atoms with Crippen molar-refractivity contribution in [3.8, 4) is 23.0 Å². The second-order valence-electron chi connectivity index (χ2n) is 10.2. The highest BCUT2D eigenvalue weighted by Gasteiger charge is 2.39. The van der Waals surface area contributed by atoms with Gasteiger partial charge in [-0.15, -0.1) is 0 Å². The lowest BCUT2D eigenvalue weighted by molar-refractivity contribution is -0.167. The molecule has 1 amide bonds. The third-order valence-corrected chi connectivity index (χ3v) is 7.08. The van der Waals surface area contributed by atoms with Gasteiger partial charge in [0.05, 0.1) is 41.5 Å². The zero-order chi connectivity index (χ0) is 33.6. The number of alkyl halides is 3. The van der Waals surface area contributed by atoms with Crippen LogP contribution >= 0.6 is 0 Å². The van der Waals surface area contributed by atoms with Crippen LogP contribution in [0.3, 0.4) is 0 Å². The lowest BCUT2D eigenvalue weighted by Crippen LogP contribution is -2.38. The molecule has 0 saturated carbocycles. The monoisotopic (exact) mass is 645 g/mol. The highest BCUT2D eigenvalue weighted by atomic mass is 19.4. The Bertz CT molecular complexity index is 1620. The van der Waals surface area contributed by atoms with Crippen molar-refractivity contribution in [2.45, 2.75) is 31.7 Å². The minimum absolute atomic E-state index is 0.0908. The Hall–Kier alpha value is -5.27. The quantitative estimate of drug-likeness (QED) is 0.208. The first-order chi connectivity index (χ1) is 21.8. The summed E-state index contributed by atoms with van der Waals surface area (Å²) in [5.74, 6) is -1.29. The van der Waals surface area contributed by atoms with Gasteiger partial charge < -0.3 is 33.9 Å². The number of benzene rings is 3. The number of aliphatic imine (C=N–C) groups is 1. The fraction of sp³-hybridized carbons (Fsp3) is 0.281. The highest BCUT2D eigenvalue weighted by Crippen LogP contribution is 2.37. The van der Waals surface area contributed by atoms with Crippen molar-refractivity contribution in [1.29, 1.82) is 0 Å².